The normalized spacial score (nSPS) is 25.5. The molecule has 0 radical (unpaired) electrons. The highest BCUT2D eigenvalue weighted by molar-refractivity contribution is 6.30. The van der Waals surface area contributed by atoms with Crippen LogP contribution in [0.25, 0.3) is 11.5 Å². The molecule has 1 amide bonds. The van der Waals surface area contributed by atoms with Crippen LogP contribution in [-0.4, -0.2) is 53.9 Å². The lowest BCUT2D eigenvalue weighted by Crippen LogP contribution is -2.45. The Hall–Kier alpha value is -2.28. The van der Waals surface area contributed by atoms with E-state index in [1.54, 1.807) is 6.07 Å². The summed E-state index contributed by atoms with van der Waals surface area (Å²) >= 11 is 5.68. The van der Waals surface area contributed by atoms with E-state index in [0.29, 0.717) is 18.4 Å². The van der Waals surface area contributed by atoms with Crippen LogP contribution in [0.4, 0.5) is 17.6 Å². The number of alkyl halides is 3. The third kappa shape index (κ3) is 6.40. The van der Waals surface area contributed by atoms with E-state index in [-0.39, 0.29) is 54.8 Å². The number of halogens is 5. The Morgan fingerprint density at radius 3 is 2.67 bits per heavy atom. The summed E-state index contributed by atoms with van der Waals surface area (Å²) in [5, 5.41) is 10.6. The van der Waals surface area contributed by atoms with E-state index >= 15 is 0 Å². The quantitative estimate of drug-likeness (QED) is 0.583. The Kier molecular flexibility index (Phi) is 7.17. The highest BCUT2D eigenvalue weighted by atomic mass is 35.5. The van der Waals surface area contributed by atoms with Gasteiger partial charge in [0.05, 0.1) is 29.9 Å². The molecule has 1 saturated heterocycles. The van der Waals surface area contributed by atoms with Crippen LogP contribution in [0, 0.1) is 5.82 Å². The molecule has 0 unspecified atom stereocenters. The van der Waals surface area contributed by atoms with Gasteiger partial charge in [-0.3, -0.25) is 9.53 Å². The zero-order chi connectivity index (χ0) is 23.6. The van der Waals surface area contributed by atoms with Crippen LogP contribution in [0.5, 0.6) is 0 Å². The molecule has 2 aromatic rings. The molecule has 1 aliphatic heterocycles. The minimum Gasteiger partial charge on any atom is -0.418 e. The lowest BCUT2D eigenvalue weighted by molar-refractivity contribution is -0.357. The van der Waals surface area contributed by atoms with Crippen LogP contribution >= 0.6 is 11.6 Å². The van der Waals surface area contributed by atoms with Crippen molar-refractivity contribution >= 4 is 17.5 Å². The molecule has 33 heavy (non-hydrogen) atoms. The maximum Gasteiger partial charge on any atom is 0.522 e. The smallest absolute Gasteiger partial charge is 0.418 e. The topological polar surface area (TPSA) is 95.7 Å². The van der Waals surface area contributed by atoms with Crippen molar-refractivity contribution in [1.29, 1.82) is 0 Å². The fraction of sp³-hybridized carbons (Fsp3) is 0.550. The highest BCUT2D eigenvalue weighted by Gasteiger charge is 2.40. The van der Waals surface area contributed by atoms with Crippen LogP contribution in [0.2, 0.25) is 5.02 Å². The molecular weight excluding hydrogens is 474 g/mol. The molecule has 1 aliphatic carbocycles. The number of rotatable bonds is 7. The van der Waals surface area contributed by atoms with Crippen LogP contribution in [0.15, 0.2) is 22.6 Å². The number of nitrogens with zero attached hydrogens (tertiary/aromatic N) is 2. The number of carbonyl (C=O) groups is 1. The summed E-state index contributed by atoms with van der Waals surface area (Å²) in [7, 11) is 0. The van der Waals surface area contributed by atoms with E-state index in [1.807, 2.05) is 0 Å². The van der Waals surface area contributed by atoms with Crippen molar-refractivity contribution < 1.29 is 41.0 Å². The SMILES string of the molecule is O=C(COC1CC(OC(F)(F)F)C1)N[C@H]1CC[C@H](c2nnc(-c3ccc(Cl)c(F)c3)o2)OC1. The number of amides is 1. The van der Waals surface area contributed by atoms with Gasteiger partial charge >= 0.3 is 6.36 Å². The first-order valence-electron chi connectivity index (χ1n) is 10.2. The third-order valence-corrected chi connectivity index (χ3v) is 5.63. The molecule has 8 nitrogen and oxygen atoms in total. The summed E-state index contributed by atoms with van der Waals surface area (Å²) in [6, 6.07) is 3.89. The first-order valence-corrected chi connectivity index (χ1v) is 10.6. The van der Waals surface area contributed by atoms with Crippen molar-refractivity contribution in [3.8, 4) is 11.5 Å². The van der Waals surface area contributed by atoms with Gasteiger partial charge in [-0.25, -0.2) is 4.39 Å². The van der Waals surface area contributed by atoms with E-state index in [4.69, 9.17) is 25.5 Å². The molecule has 2 heterocycles. The summed E-state index contributed by atoms with van der Waals surface area (Å²) < 4.78 is 70.4. The standard InChI is InChI=1S/C20H20ClF4N3O5/c21-14-3-1-10(5-15(14)22)18-27-28-19(32-18)16-4-2-11(8-31-16)26-17(29)9-30-12-6-13(7-12)33-20(23,24)25/h1,3,5,11-13,16H,2,4,6-9H2,(H,26,29)/t11-,12?,13?,16+/m0/s1. The van der Waals surface area contributed by atoms with Gasteiger partial charge in [-0.15, -0.1) is 23.4 Å². The third-order valence-electron chi connectivity index (χ3n) is 5.33. The van der Waals surface area contributed by atoms with E-state index in [9.17, 15) is 22.4 Å². The van der Waals surface area contributed by atoms with Crippen LogP contribution in [0.3, 0.4) is 0 Å². The van der Waals surface area contributed by atoms with Gasteiger partial charge in [-0.2, -0.15) is 0 Å². The number of carbonyl (C=O) groups excluding carboxylic acids is 1. The monoisotopic (exact) mass is 493 g/mol. The summed E-state index contributed by atoms with van der Waals surface area (Å²) in [4.78, 5) is 12.0. The van der Waals surface area contributed by atoms with Crippen molar-refractivity contribution in [1.82, 2.24) is 15.5 Å². The molecule has 1 N–H and O–H groups in total. The van der Waals surface area contributed by atoms with E-state index in [0.717, 1.165) is 0 Å². The summed E-state index contributed by atoms with van der Waals surface area (Å²) in [5.74, 6) is -0.603. The molecule has 13 heteroatoms. The summed E-state index contributed by atoms with van der Waals surface area (Å²) in [5.41, 5.74) is 0.388. The number of nitrogens with one attached hydrogen (secondary N) is 1. The number of aromatic nitrogens is 2. The molecule has 1 aromatic carbocycles. The minimum absolute atomic E-state index is 0.0139. The predicted octanol–water partition coefficient (Wildman–Crippen LogP) is 3.95. The largest absolute Gasteiger partial charge is 0.522 e. The molecule has 1 aromatic heterocycles. The van der Waals surface area contributed by atoms with E-state index in [1.165, 1.54) is 12.1 Å². The van der Waals surface area contributed by atoms with Gasteiger partial charge < -0.3 is 19.2 Å². The Balaban J connectivity index is 1.17. The fourth-order valence-corrected chi connectivity index (χ4v) is 3.69. The lowest BCUT2D eigenvalue weighted by Gasteiger charge is -2.35. The predicted molar refractivity (Wildman–Crippen MR) is 104 cm³/mol. The zero-order valence-electron chi connectivity index (χ0n) is 17.1. The molecule has 0 bridgehead atoms. The first kappa shape index (κ1) is 23.9. The maximum atomic E-state index is 13.6. The van der Waals surface area contributed by atoms with Crippen molar-refractivity contribution in [3.63, 3.8) is 0 Å². The van der Waals surface area contributed by atoms with E-state index < -0.39 is 30.5 Å². The van der Waals surface area contributed by atoms with Crippen molar-refractivity contribution in [3.05, 3.63) is 34.9 Å². The van der Waals surface area contributed by atoms with Gasteiger partial charge in [-0.1, -0.05) is 11.6 Å². The number of hydrogen-bond donors (Lipinski definition) is 1. The molecule has 1 saturated carbocycles. The minimum atomic E-state index is -4.66. The molecule has 2 fully saturated rings. The lowest BCUT2D eigenvalue weighted by atomic mass is 9.92. The second-order valence-corrected chi connectivity index (χ2v) is 8.24. The number of hydrogen-bond acceptors (Lipinski definition) is 7. The van der Waals surface area contributed by atoms with Gasteiger partial charge in [0, 0.05) is 18.4 Å². The van der Waals surface area contributed by atoms with Crippen LogP contribution < -0.4 is 5.32 Å². The van der Waals surface area contributed by atoms with Gasteiger partial charge in [0.2, 0.25) is 17.7 Å². The average molecular weight is 494 g/mol. The zero-order valence-corrected chi connectivity index (χ0v) is 17.9. The summed E-state index contributed by atoms with van der Waals surface area (Å²) in [6.07, 6.45) is -5.22. The average Bonchev–Trinajstić information content (AvgIpc) is 3.21. The molecular formula is C20H20ClF4N3O5. The molecule has 2 aliphatic rings. The van der Waals surface area contributed by atoms with Crippen LogP contribution in [0.1, 0.15) is 37.7 Å². The van der Waals surface area contributed by atoms with Gasteiger partial charge in [0.1, 0.15) is 18.5 Å². The molecule has 180 valence electrons. The Labute approximate surface area is 190 Å². The highest BCUT2D eigenvalue weighted by Crippen LogP contribution is 2.32. The van der Waals surface area contributed by atoms with Gasteiger partial charge in [0.15, 0.2) is 0 Å². The van der Waals surface area contributed by atoms with Gasteiger partial charge in [0.25, 0.3) is 0 Å². The Morgan fingerprint density at radius 2 is 2.00 bits per heavy atom. The first-order chi connectivity index (χ1) is 15.7. The second kappa shape index (κ2) is 9.92. The fourth-order valence-electron chi connectivity index (χ4n) is 3.57. The molecule has 0 spiro atoms. The van der Waals surface area contributed by atoms with Crippen molar-refractivity contribution in [2.24, 2.45) is 0 Å². The van der Waals surface area contributed by atoms with E-state index in [2.05, 4.69) is 20.3 Å². The van der Waals surface area contributed by atoms with Crippen molar-refractivity contribution in [2.45, 2.75) is 56.4 Å². The summed E-state index contributed by atoms with van der Waals surface area (Å²) in [6.45, 7) is -0.0530. The van der Waals surface area contributed by atoms with Gasteiger partial charge in [-0.05, 0) is 31.0 Å². The number of ether oxygens (including phenoxy) is 3. The Morgan fingerprint density at radius 1 is 1.21 bits per heavy atom. The molecule has 4 rings (SSSR count). The Bertz CT molecular complexity index is 975. The number of benzene rings is 1. The van der Waals surface area contributed by atoms with Crippen molar-refractivity contribution in [2.75, 3.05) is 13.2 Å². The molecule has 2 atom stereocenters. The maximum absolute atomic E-state index is 13.6. The van der Waals surface area contributed by atoms with Crippen LogP contribution in [-0.2, 0) is 19.0 Å². The second-order valence-electron chi connectivity index (χ2n) is 7.83.